The van der Waals surface area contributed by atoms with Crippen molar-refractivity contribution >= 4 is 23.2 Å². The van der Waals surface area contributed by atoms with Gasteiger partial charge in [0.05, 0.1) is 12.3 Å². The Morgan fingerprint density at radius 2 is 1.96 bits per heavy atom. The third kappa shape index (κ3) is 6.04. The molecule has 0 bridgehead atoms. The number of para-hydroxylation sites is 1. The van der Waals surface area contributed by atoms with Crippen LogP contribution in [0.3, 0.4) is 0 Å². The predicted octanol–water partition coefficient (Wildman–Crippen LogP) is 4.38. The number of aryl methyl sites for hydroxylation is 1. The average Bonchev–Trinajstić information content (AvgIpc) is 2.58. The molecule has 0 spiro atoms. The van der Waals surface area contributed by atoms with Gasteiger partial charge < -0.3 is 9.47 Å². The topological polar surface area (TPSA) is 38.8 Å². The summed E-state index contributed by atoms with van der Waals surface area (Å²) < 4.78 is 11.5. The number of ether oxygens (including phenoxy) is 2. The standard InChI is InChI=1S/C18H28ClNO3/c1-4-7-12-23-16-10-8-9-15(6-3)18(16)20(17(21)13-19)14-22-11-5-2/h8-10H,4-7,11-14H2,1-3H3. The van der Waals surface area contributed by atoms with Crippen LogP contribution in [0.5, 0.6) is 5.75 Å². The zero-order chi connectivity index (χ0) is 17.1. The zero-order valence-electron chi connectivity index (χ0n) is 14.4. The molecule has 0 aliphatic heterocycles. The first-order chi connectivity index (χ1) is 11.2. The van der Waals surface area contributed by atoms with E-state index >= 15 is 0 Å². The van der Waals surface area contributed by atoms with E-state index < -0.39 is 0 Å². The summed E-state index contributed by atoms with van der Waals surface area (Å²) in [4.78, 5) is 13.9. The minimum atomic E-state index is -0.177. The molecule has 1 aromatic carbocycles. The minimum absolute atomic E-state index is 0.0814. The molecule has 4 nitrogen and oxygen atoms in total. The first-order valence-electron chi connectivity index (χ1n) is 8.38. The third-order valence-electron chi connectivity index (χ3n) is 3.47. The van der Waals surface area contributed by atoms with Crippen LogP contribution in [0.25, 0.3) is 0 Å². The number of unbranched alkanes of at least 4 members (excludes halogenated alkanes) is 1. The molecule has 1 rings (SSSR count). The summed E-state index contributed by atoms with van der Waals surface area (Å²) in [5, 5.41) is 0. The van der Waals surface area contributed by atoms with Gasteiger partial charge in [0, 0.05) is 6.61 Å². The molecular weight excluding hydrogens is 314 g/mol. The Morgan fingerprint density at radius 1 is 1.17 bits per heavy atom. The van der Waals surface area contributed by atoms with Crippen molar-refractivity contribution in [1.29, 1.82) is 0 Å². The predicted molar refractivity (Wildman–Crippen MR) is 95.5 cm³/mol. The molecule has 0 radical (unpaired) electrons. The van der Waals surface area contributed by atoms with Crippen molar-refractivity contribution in [1.82, 2.24) is 0 Å². The Kier molecular flexibility index (Phi) is 9.72. The normalized spacial score (nSPS) is 10.6. The Balaban J connectivity index is 3.11. The summed E-state index contributed by atoms with van der Waals surface area (Å²) in [6.07, 6.45) is 3.75. The maximum absolute atomic E-state index is 12.3. The van der Waals surface area contributed by atoms with E-state index in [9.17, 15) is 4.79 Å². The van der Waals surface area contributed by atoms with Crippen LogP contribution >= 0.6 is 11.6 Å². The number of nitrogens with zero attached hydrogens (tertiary/aromatic N) is 1. The van der Waals surface area contributed by atoms with Crippen molar-refractivity contribution in [3.8, 4) is 5.75 Å². The quantitative estimate of drug-likeness (QED) is 0.340. The van der Waals surface area contributed by atoms with E-state index in [-0.39, 0.29) is 18.5 Å². The number of carbonyl (C=O) groups excluding carboxylic acids is 1. The second kappa shape index (κ2) is 11.3. The number of alkyl halides is 1. The Hall–Kier alpha value is -1.26. The Labute approximate surface area is 144 Å². The molecule has 5 heteroatoms. The highest BCUT2D eigenvalue weighted by molar-refractivity contribution is 6.29. The molecule has 0 unspecified atom stereocenters. The summed E-state index contributed by atoms with van der Waals surface area (Å²) in [5.41, 5.74) is 1.84. The minimum Gasteiger partial charge on any atom is -0.491 e. The number of anilines is 1. The second-order valence-corrected chi connectivity index (χ2v) is 5.58. The number of hydrogen-bond acceptors (Lipinski definition) is 3. The van der Waals surface area contributed by atoms with Crippen molar-refractivity contribution in [3.05, 3.63) is 23.8 Å². The van der Waals surface area contributed by atoms with Crippen molar-refractivity contribution < 1.29 is 14.3 Å². The molecule has 0 saturated heterocycles. The van der Waals surface area contributed by atoms with Gasteiger partial charge in [-0.25, -0.2) is 0 Å². The van der Waals surface area contributed by atoms with Gasteiger partial charge in [0.25, 0.3) is 0 Å². The monoisotopic (exact) mass is 341 g/mol. The van der Waals surface area contributed by atoms with Crippen LogP contribution in [-0.2, 0) is 16.0 Å². The molecule has 0 fully saturated rings. The highest BCUT2D eigenvalue weighted by Gasteiger charge is 2.22. The largest absolute Gasteiger partial charge is 0.491 e. The zero-order valence-corrected chi connectivity index (χ0v) is 15.2. The SMILES string of the molecule is CCCCOc1cccc(CC)c1N(COCCC)C(=O)CCl. The number of hydrogen-bond donors (Lipinski definition) is 0. The highest BCUT2D eigenvalue weighted by Crippen LogP contribution is 2.33. The van der Waals surface area contributed by atoms with Gasteiger partial charge in [-0.2, -0.15) is 0 Å². The molecule has 0 aromatic heterocycles. The van der Waals surface area contributed by atoms with Crippen molar-refractivity contribution in [2.24, 2.45) is 0 Å². The van der Waals surface area contributed by atoms with E-state index in [0.29, 0.717) is 13.2 Å². The van der Waals surface area contributed by atoms with Gasteiger partial charge in [-0.05, 0) is 30.9 Å². The van der Waals surface area contributed by atoms with Crippen LogP contribution in [0, 0.1) is 0 Å². The van der Waals surface area contributed by atoms with E-state index in [1.54, 1.807) is 4.90 Å². The van der Waals surface area contributed by atoms with Crippen LogP contribution in [0.4, 0.5) is 5.69 Å². The van der Waals surface area contributed by atoms with Gasteiger partial charge in [0.2, 0.25) is 5.91 Å². The Morgan fingerprint density at radius 3 is 2.57 bits per heavy atom. The van der Waals surface area contributed by atoms with Crippen LogP contribution in [0.15, 0.2) is 18.2 Å². The molecule has 1 aromatic rings. The van der Waals surface area contributed by atoms with Crippen molar-refractivity contribution in [2.45, 2.75) is 46.5 Å². The van der Waals surface area contributed by atoms with Gasteiger partial charge in [-0.15, -0.1) is 11.6 Å². The maximum Gasteiger partial charge on any atom is 0.243 e. The fourth-order valence-electron chi connectivity index (χ4n) is 2.24. The van der Waals surface area contributed by atoms with Gasteiger partial charge in [0.15, 0.2) is 0 Å². The van der Waals surface area contributed by atoms with E-state index in [1.165, 1.54) is 0 Å². The smallest absolute Gasteiger partial charge is 0.243 e. The number of halogens is 1. The molecular formula is C18H28ClNO3. The molecule has 0 atom stereocenters. The molecule has 0 saturated carbocycles. The summed E-state index contributed by atoms with van der Waals surface area (Å²) in [6, 6.07) is 5.87. The first kappa shape index (κ1) is 19.8. The Bertz CT molecular complexity index is 479. The molecule has 0 N–H and O–H groups in total. The maximum atomic E-state index is 12.3. The molecule has 1 amide bonds. The van der Waals surface area contributed by atoms with Gasteiger partial charge >= 0.3 is 0 Å². The number of carbonyl (C=O) groups is 1. The van der Waals surface area contributed by atoms with E-state index in [0.717, 1.165) is 42.7 Å². The lowest BCUT2D eigenvalue weighted by Crippen LogP contribution is -2.35. The second-order valence-electron chi connectivity index (χ2n) is 5.31. The number of rotatable bonds is 11. The van der Waals surface area contributed by atoms with Crippen LogP contribution in [0.2, 0.25) is 0 Å². The van der Waals surface area contributed by atoms with Crippen LogP contribution in [0.1, 0.15) is 45.6 Å². The van der Waals surface area contributed by atoms with Gasteiger partial charge in [0.1, 0.15) is 18.4 Å². The number of amides is 1. The van der Waals surface area contributed by atoms with E-state index in [1.807, 2.05) is 25.1 Å². The summed E-state index contributed by atoms with van der Waals surface area (Å²) >= 11 is 5.80. The lowest BCUT2D eigenvalue weighted by molar-refractivity contribution is -0.117. The van der Waals surface area contributed by atoms with Crippen LogP contribution < -0.4 is 9.64 Å². The summed E-state index contributed by atoms with van der Waals surface area (Å²) in [5.74, 6) is 0.461. The van der Waals surface area contributed by atoms with Crippen molar-refractivity contribution in [2.75, 3.05) is 30.7 Å². The lowest BCUT2D eigenvalue weighted by atomic mass is 10.1. The molecule has 130 valence electrons. The lowest BCUT2D eigenvalue weighted by Gasteiger charge is -2.26. The highest BCUT2D eigenvalue weighted by atomic mass is 35.5. The van der Waals surface area contributed by atoms with Gasteiger partial charge in [-0.1, -0.05) is 39.3 Å². The molecule has 0 aliphatic carbocycles. The number of benzene rings is 1. The molecule has 0 heterocycles. The summed E-state index contributed by atoms with van der Waals surface area (Å²) in [7, 11) is 0. The molecule has 0 aliphatic rings. The van der Waals surface area contributed by atoms with E-state index in [4.69, 9.17) is 21.1 Å². The van der Waals surface area contributed by atoms with Crippen molar-refractivity contribution in [3.63, 3.8) is 0 Å². The third-order valence-corrected chi connectivity index (χ3v) is 3.70. The first-order valence-corrected chi connectivity index (χ1v) is 8.91. The van der Waals surface area contributed by atoms with Crippen LogP contribution in [-0.4, -0.2) is 31.7 Å². The summed E-state index contributed by atoms with van der Waals surface area (Å²) in [6.45, 7) is 7.65. The fraction of sp³-hybridized carbons (Fsp3) is 0.611. The van der Waals surface area contributed by atoms with E-state index in [2.05, 4.69) is 13.8 Å². The fourth-order valence-corrected chi connectivity index (χ4v) is 2.38. The molecule has 23 heavy (non-hydrogen) atoms. The average molecular weight is 342 g/mol. The van der Waals surface area contributed by atoms with Gasteiger partial charge in [-0.3, -0.25) is 9.69 Å².